The Labute approximate surface area is 250 Å². The van der Waals surface area contributed by atoms with Crippen molar-refractivity contribution in [3.8, 4) is 0 Å². The van der Waals surface area contributed by atoms with E-state index in [0.29, 0.717) is 68.6 Å². The number of fused-ring (bicyclic) bond motifs is 3. The van der Waals surface area contributed by atoms with Crippen molar-refractivity contribution in [1.29, 1.82) is 0 Å². The van der Waals surface area contributed by atoms with Crippen LogP contribution in [0.5, 0.6) is 0 Å². The Morgan fingerprint density at radius 1 is 0.692 bits per heavy atom. The number of aliphatic hydroxyl groups excluding tert-OH is 2. The molecule has 3 aliphatic carbocycles. The zero-order chi connectivity index (χ0) is 28.4. The van der Waals surface area contributed by atoms with E-state index in [-0.39, 0.29) is 29.5 Å². The molecule has 1 unspecified atom stereocenters. The summed E-state index contributed by atoms with van der Waals surface area (Å²) in [5, 5.41) is 18.9. The summed E-state index contributed by atoms with van der Waals surface area (Å²) >= 11 is 9.61. The van der Waals surface area contributed by atoms with Crippen LogP contribution >= 0.6 is 47.8 Å². The first-order chi connectivity index (χ1) is 18.4. The Bertz CT molecular complexity index is 1330. The second-order valence-corrected chi connectivity index (χ2v) is 12.4. The molecular formula is C29H26Br3F3O4. The first-order valence-corrected chi connectivity index (χ1v) is 14.8. The molecular weight excluding hydrogens is 709 g/mol. The molecule has 208 valence electrons. The van der Waals surface area contributed by atoms with Gasteiger partial charge < -0.3 is 14.9 Å². The van der Waals surface area contributed by atoms with E-state index < -0.39 is 12.2 Å². The number of carbonyl (C=O) groups excluding carboxylic acids is 1. The molecule has 3 aromatic rings. The third-order valence-electron chi connectivity index (χ3n) is 6.95. The number of hydrogen-bond acceptors (Lipinski definition) is 4. The number of rotatable bonds is 1. The molecule has 0 saturated carbocycles. The zero-order valence-electron chi connectivity index (χ0n) is 20.9. The molecule has 4 nitrogen and oxygen atoms in total. The van der Waals surface area contributed by atoms with Gasteiger partial charge in [0.1, 0.15) is 23.6 Å². The van der Waals surface area contributed by atoms with Crippen molar-refractivity contribution in [2.24, 2.45) is 0 Å². The quantitative estimate of drug-likeness (QED) is 0.247. The number of benzene rings is 3. The fourth-order valence-electron chi connectivity index (χ4n) is 5.17. The molecule has 3 aliphatic rings. The largest absolute Gasteiger partial charge is 0.458 e. The molecule has 0 aromatic heterocycles. The van der Waals surface area contributed by atoms with E-state index in [4.69, 9.17) is 4.74 Å². The molecule has 0 saturated heterocycles. The molecule has 3 aromatic carbocycles. The van der Waals surface area contributed by atoms with Crippen molar-refractivity contribution in [1.82, 2.24) is 0 Å². The summed E-state index contributed by atoms with van der Waals surface area (Å²) in [6, 6.07) is 9.72. The number of hydrogen-bond donors (Lipinski definition) is 2. The lowest BCUT2D eigenvalue weighted by molar-refractivity contribution is -0.146. The van der Waals surface area contributed by atoms with E-state index in [0.717, 1.165) is 16.7 Å². The molecule has 0 heterocycles. The van der Waals surface area contributed by atoms with Gasteiger partial charge in [-0.2, -0.15) is 0 Å². The van der Waals surface area contributed by atoms with E-state index in [1.807, 2.05) is 6.07 Å². The van der Waals surface area contributed by atoms with Crippen molar-refractivity contribution < 1.29 is 32.9 Å². The van der Waals surface area contributed by atoms with Crippen molar-refractivity contribution in [3.63, 3.8) is 0 Å². The summed E-state index contributed by atoms with van der Waals surface area (Å²) in [7, 11) is 0. The Morgan fingerprint density at radius 3 is 1.46 bits per heavy atom. The van der Waals surface area contributed by atoms with Gasteiger partial charge >= 0.3 is 5.97 Å². The van der Waals surface area contributed by atoms with Crippen LogP contribution in [0.1, 0.15) is 77.9 Å². The standard InChI is InChI=1S/C11H10BrFO2.2C9H8BrFO/c1-6(14)15-11-3-2-8-9(11)4-7(12)5-10(8)13;2*10-5-3-7-6(8(11)4-5)1-2-9(7)12/h4-5,11H,2-3H2,1H3;2*3-4,9,12H,1-2H2/t11-;9-;/m10./s1. The van der Waals surface area contributed by atoms with Crippen molar-refractivity contribution >= 4 is 53.8 Å². The second-order valence-electron chi connectivity index (χ2n) is 9.61. The number of carbonyl (C=O) groups is 1. The van der Waals surface area contributed by atoms with Crippen LogP contribution in [-0.2, 0) is 28.8 Å². The van der Waals surface area contributed by atoms with Gasteiger partial charge in [0.05, 0.1) is 12.2 Å². The predicted molar refractivity (Wildman–Crippen MR) is 152 cm³/mol. The van der Waals surface area contributed by atoms with E-state index in [2.05, 4.69) is 47.8 Å². The Hall–Kier alpha value is -1.72. The molecule has 10 heteroatoms. The summed E-state index contributed by atoms with van der Waals surface area (Å²) in [6.45, 7) is 1.37. The third kappa shape index (κ3) is 7.14. The van der Waals surface area contributed by atoms with Crippen molar-refractivity contribution in [2.45, 2.75) is 63.8 Å². The summed E-state index contributed by atoms with van der Waals surface area (Å²) in [5.74, 6) is -0.978. The summed E-state index contributed by atoms with van der Waals surface area (Å²) in [6.07, 6.45) is 2.63. The van der Waals surface area contributed by atoms with Gasteiger partial charge in [-0.1, -0.05) is 47.8 Å². The minimum absolute atomic E-state index is 0.212. The van der Waals surface area contributed by atoms with Crippen LogP contribution in [0.25, 0.3) is 0 Å². The number of esters is 1. The van der Waals surface area contributed by atoms with Crippen LogP contribution in [0.3, 0.4) is 0 Å². The molecule has 0 aliphatic heterocycles. The van der Waals surface area contributed by atoms with Crippen LogP contribution in [0, 0.1) is 17.5 Å². The number of aliphatic hydroxyl groups is 2. The fourth-order valence-corrected chi connectivity index (χ4v) is 6.51. The predicted octanol–water partition coefficient (Wildman–Crippen LogP) is 8.27. The lowest BCUT2D eigenvalue weighted by atomic mass is 10.1. The first-order valence-electron chi connectivity index (χ1n) is 12.4. The highest BCUT2D eigenvalue weighted by atomic mass is 79.9. The van der Waals surface area contributed by atoms with E-state index in [9.17, 15) is 28.2 Å². The van der Waals surface area contributed by atoms with Gasteiger partial charge in [-0.3, -0.25) is 4.79 Å². The van der Waals surface area contributed by atoms with Gasteiger partial charge in [0.15, 0.2) is 0 Å². The maximum atomic E-state index is 13.5. The Morgan fingerprint density at radius 2 is 1.05 bits per heavy atom. The zero-order valence-corrected chi connectivity index (χ0v) is 25.7. The summed E-state index contributed by atoms with van der Waals surface area (Å²) in [5.41, 5.74) is 4.28. The molecule has 2 N–H and O–H groups in total. The minimum atomic E-state index is -0.480. The summed E-state index contributed by atoms with van der Waals surface area (Å²) in [4.78, 5) is 10.9. The van der Waals surface area contributed by atoms with Crippen LogP contribution in [0.4, 0.5) is 13.2 Å². The van der Waals surface area contributed by atoms with Gasteiger partial charge in [-0.05, 0) is 108 Å². The maximum Gasteiger partial charge on any atom is 0.303 e. The van der Waals surface area contributed by atoms with Gasteiger partial charge in [0, 0.05) is 20.3 Å². The molecule has 0 radical (unpaired) electrons. The normalized spacial score (nSPS) is 20.2. The van der Waals surface area contributed by atoms with Gasteiger partial charge in [0.2, 0.25) is 0 Å². The monoisotopic (exact) mass is 732 g/mol. The molecule has 39 heavy (non-hydrogen) atoms. The molecule has 0 bridgehead atoms. The van der Waals surface area contributed by atoms with Gasteiger partial charge in [-0.15, -0.1) is 0 Å². The highest BCUT2D eigenvalue weighted by Gasteiger charge is 2.28. The van der Waals surface area contributed by atoms with Crippen molar-refractivity contribution in [3.05, 3.63) is 101 Å². The maximum absolute atomic E-state index is 13.5. The summed E-state index contributed by atoms with van der Waals surface area (Å²) < 4.78 is 47.0. The average Bonchev–Trinajstić information content (AvgIpc) is 3.53. The first kappa shape index (κ1) is 30.2. The van der Waals surface area contributed by atoms with Gasteiger partial charge in [-0.25, -0.2) is 13.2 Å². The van der Waals surface area contributed by atoms with Crippen LogP contribution in [-0.4, -0.2) is 16.2 Å². The average molecular weight is 735 g/mol. The SMILES string of the molecule is CC(=O)O[C@@H]1CCc2c(F)cc(Br)cc21.OC1CCc2c(F)cc(Br)cc21.O[C@H]1CCc2c(F)cc(Br)cc21. The van der Waals surface area contributed by atoms with Crippen LogP contribution in [0.15, 0.2) is 49.8 Å². The van der Waals surface area contributed by atoms with Crippen LogP contribution < -0.4 is 0 Å². The Balaban J connectivity index is 0.000000137. The molecule has 3 atom stereocenters. The van der Waals surface area contributed by atoms with Gasteiger partial charge in [0.25, 0.3) is 0 Å². The fraction of sp³-hybridized carbons (Fsp3) is 0.345. The minimum Gasteiger partial charge on any atom is -0.458 e. The molecule has 0 fully saturated rings. The number of ether oxygens (including phenoxy) is 1. The molecule has 0 amide bonds. The topological polar surface area (TPSA) is 66.8 Å². The van der Waals surface area contributed by atoms with E-state index in [1.165, 1.54) is 25.1 Å². The number of halogens is 6. The Kier molecular flexibility index (Phi) is 9.96. The van der Waals surface area contributed by atoms with Crippen LogP contribution in [0.2, 0.25) is 0 Å². The lowest BCUT2D eigenvalue weighted by Crippen LogP contribution is -2.05. The molecule has 6 rings (SSSR count). The third-order valence-corrected chi connectivity index (χ3v) is 8.32. The lowest BCUT2D eigenvalue weighted by Gasteiger charge is -2.12. The second kappa shape index (κ2) is 12.9. The smallest absolute Gasteiger partial charge is 0.303 e. The van der Waals surface area contributed by atoms with Crippen molar-refractivity contribution in [2.75, 3.05) is 0 Å². The highest BCUT2D eigenvalue weighted by Crippen LogP contribution is 2.38. The highest BCUT2D eigenvalue weighted by molar-refractivity contribution is 9.11. The van der Waals surface area contributed by atoms with E-state index >= 15 is 0 Å². The van der Waals surface area contributed by atoms with E-state index in [1.54, 1.807) is 12.1 Å². The molecule has 0 spiro atoms.